The number of ether oxygens (including phenoxy) is 1. The summed E-state index contributed by atoms with van der Waals surface area (Å²) in [5.74, 6) is 1.09. The molecular weight excluding hydrogens is 230 g/mol. The minimum absolute atomic E-state index is 0.138. The Kier molecular flexibility index (Phi) is 3.84. The smallest absolute Gasteiger partial charge is 0.319 e. The molecule has 0 aliphatic carbocycles. The number of aryl methyl sites for hydroxylation is 1. The van der Waals surface area contributed by atoms with Crippen LogP contribution in [0.1, 0.15) is 53.2 Å². The lowest BCUT2D eigenvalue weighted by atomic mass is 9.92. The molecule has 0 radical (unpaired) electrons. The minimum atomic E-state index is -0.790. The molecule has 1 rings (SSSR count). The van der Waals surface area contributed by atoms with E-state index < -0.39 is 5.41 Å². The molecule has 0 aromatic carbocycles. The summed E-state index contributed by atoms with van der Waals surface area (Å²) in [6, 6.07) is 0. The van der Waals surface area contributed by atoms with Crippen LogP contribution in [-0.4, -0.2) is 27.3 Å². The maximum absolute atomic E-state index is 12.0. The fourth-order valence-electron chi connectivity index (χ4n) is 1.65. The molecule has 0 aliphatic heterocycles. The fraction of sp³-hybridized carbons (Fsp3) is 0.769. The zero-order valence-electron chi connectivity index (χ0n) is 12.4. The van der Waals surface area contributed by atoms with Crippen molar-refractivity contribution in [3.63, 3.8) is 0 Å². The van der Waals surface area contributed by atoms with Gasteiger partial charge in [0.1, 0.15) is 11.2 Å². The van der Waals surface area contributed by atoms with Crippen molar-refractivity contribution < 1.29 is 9.53 Å². The first-order chi connectivity index (χ1) is 8.10. The molecule has 5 nitrogen and oxygen atoms in total. The summed E-state index contributed by atoms with van der Waals surface area (Å²) < 4.78 is 6.76. The van der Waals surface area contributed by atoms with Gasteiger partial charge in [-0.05, 0) is 20.8 Å². The van der Waals surface area contributed by atoms with E-state index in [1.54, 1.807) is 32.5 Å². The molecule has 0 spiro atoms. The predicted octanol–water partition coefficient (Wildman–Crippen LogP) is 1.95. The van der Waals surface area contributed by atoms with Gasteiger partial charge in [-0.1, -0.05) is 20.8 Å². The van der Waals surface area contributed by atoms with E-state index in [1.165, 1.54) is 0 Å². The molecule has 0 N–H and O–H groups in total. The second-order valence-corrected chi connectivity index (χ2v) is 5.98. The number of esters is 1. The topological polar surface area (TPSA) is 57.0 Å². The van der Waals surface area contributed by atoms with Gasteiger partial charge in [-0.2, -0.15) is 5.10 Å². The van der Waals surface area contributed by atoms with Gasteiger partial charge in [-0.15, -0.1) is 0 Å². The lowest BCUT2D eigenvalue weighted by molar-refractivity contribution is -0.149. The summed E-state index contributed by atoms with van der Waals surface area (Å²) >= 11 is 0. The Morgan fingerprint density at radius 3 is 2.22 bits per heavy atom. The van der Waals surface area contributed by atoms with Crippen LogP contribution >= 0.6 is 0 Å². The molecule has 0 unspecified atom stereocenters. The normalized spacial score (nSPS) is 12.6. The Morgan fingerprint density at radius 1 is 1.28 bits per heavy atom. The van der Waals surface area contributed by atoms with E-state index in [0.717, 1.165) is 5.82 Å². The second kappa shape index (κ2) is 4.71. The Hall–Kier alpha value is -1.39. The number of nitrogens with zero attached hydrogens (tertiary/aromatic N) is 3. The molecular formula is C13H23N3O2. The molecule has 0 saturated carbocycles. The third-order valence-electron chi connectivity index (χ3n) is 2.78. The van der Waals surface area contributed by atoms with Gasteiger partial charge in [0.15, 0.2) is 5.82 Å². The van der Waals surface area contributed by atoms with E-state index in [9.17, 15) is 4.79 Å². The highest BCUT2D eigenvalue weighted by Gasteiger charge is 2.37. The van der Waals surface area contributed by atoms with Gasteiger partial charge in [0.25, 0.3) is 0 Å². The largest absolute Gasteiger partial charge is 0.465 e. The highest BCUT2D eigenvalue weighted by atomic mass is 16.5. The van der Waals surface area contributed by atoms with Crippen molar-refractivity contribution in [3.8, 4) is 0 Å². The van der Waals surface area contributed by atoms with Gasteiger partial charge in [-0.3, -0.25) is 9.48 Å². The van der Waals surface area contributed by atoms with Gasteiger partial charge in [0, 0.05) is 12.5 Å². The minimum Gasteiger partial charge on any atom is -0.465 e. The molecule has 18 heavy (non-hydrogen) atoms. The number of rotatable bonds is 3. The van der Waals surface area contributed by atoms with Gasteiger partial charge >= 0.3 is 5.97 Å². The van der Waals surface area contributed by atoms with Crippen molar-refractivity contribution in [2.75, 3.05) is 6.61 Å². The van der Waals surface area contributed by atoms with Crippen LogP contribution in [0.2, 0.25) is 0 Å². The summed E-state index contributed by atoms with van der Waals surface area (Å²) in [7, 11) is 1.80. The molecule has 1 aromatic heterocycles. The van der Waals surface area contributed by atoms with E-state index in [1.807, 2.05) is 20.8 Å². The molecule has 102 valence electrons. The molecule has 0 aliphatic rings. The number of hydrogen-bond donors (Lipinski definition) is 0. The number of aromatic nitrogens is 3. The standard InChI is InChI=1S/C13H23N3O2/c1-8-18-11(17)13(5,6)10-14-9(12(2,3)4)15-16(10)7/h8H2,1-7H3. The lowest BCUT2D eigenvalue weighted by Crippen LogP contribution is -2.34. The molecule has 1 heterocycles. The molecule has 0 saturated heterocycles. The molecule has 1 aromatic rings. The average Bonchev–Trinajstić information content (AvgIpc) is 2.60. The van der Waals surface area contributed by atoms with Crippen LogP contribution in [0.5, 0.6) is 0 Å². The summed E-state index contributed by atoms with van der Waals surface area (Å²) in [5.41, 5.74) is -0.929. The first kappa shape index (κ1) is 14.7. The Balaban J connectivity index is 3.17. The van der Waals surface area contributed by atoms with Gasteiger partial charge < -0.3 is 4.74 Å². The number of hydrogen-bond acceptors (Lipinski definition) is 4. The van der Waals surface area contributed by atoms with Crippen LogP contribution in [0.4, 0.5) is 0 Å². The molecule has 0 atom stereocenters. The van der Waals surface area contributed by atoms with E-state index in [0.29, 0.717) is 12.4 Å². The second-order valence-electron chi connectivity index (χ2n) is 5.98. The summed E-state index contributed by atoms with van der Waals surface area (Å²) in [5, 5.41) is 4.39. The molecule has 0 bridgehead atoms. The Labute approximate surface area is 109 Å². The van der Waals surface area contributed by atoms with Crippen LogP contribution in [0.15, 0.2) is 0 Å². The van der Waals surface area contributed by atoms with E-state index in [4.69, 9.17) is 4.74 Å². The maximum atomic E-state index is 12.0. The zero-order chi connectivity index (χ0) is 14.1. The van der Waals surface area contributed by atoms with Gasteiger partial charge in [-0.25, -0.2) is 4.98 Å². The third kappa shape index (κ3) is 2.71. The van der Waals surface area contributed by atoms with Crippen molar-refractivity contribution in [1.29, 1.82) is 0 Å². The van der Waals surface area contributed by atoms with Crippen LogP contribution < -0.4 is 0 Å². The van der Waals surface area contributed by atoms with Crippen molar-refractivity contribution in [2.45, 2.75) is 52.4 Å². The SMILES string of the molecule is CCOC(=O)C(C)(C)c1nc(C(C)(C)C)nn1C. The number of carbonyl (C=O) groups is 1. The van der Waals surface area contributed by atoms with E-state index in [2.05, 4.69) is 10.1 Å². The maximum Gasteiger partial charge on any atom is 0.319 e. The summed E-state index contributed by atoms with van der Waals surface area (Å²) in [6.45, 7) is 11.9. The van der Waals surface area contributed by atoms with Crippen LogP contribution in [0.3, 0.4) is 0 Å². The predicted molar refractivity (Wildman–Crippen MR) is 69.4 cm³/mol. The van der Waals surface area contributed by atoms with Crippen LogP contribution in [0, 0.1) is 0 Å². The third-order valence-corrected chi connectivity index (χ3v) is 2.78. The van der Waals surface area contributed by atoms with E-state index >= 15 is 0 Å². The monoisotopic (exact) mass is 253 g/mol. The zero-order valence-corrected chi connectivity index (χ0v) is 12.4. The number of carbonyl (C=O) groups excluding carboxylic acids is 1. The van der Waals surface area contributed by atoms with Crippen LogP contribution in [-0.2, 0) is 27.4 Å². The van der Waals surface area contributed by atoms with Crippen molar-refractivity contribution in [2.24, 2.45) is 7.05 Å². The van der Waals surface area contributed by atoms with Crippen molar-refractivity contribution in [1.82, 2.24) is 14.8 Å². The first-order valence-electron chi connectivity index (χ1n) is 6.20. The van der Waals surface area contributed by atoms with Crippen molar-refractivity contribution in [3.05, 3.63) is 11.6 Å². The van der Waals surface area contributed by atoms with Crippen molar-refractivity contribution >= 4 is 5.97 Å². The van der Waals surface area contributed by atoms with Gasteiger partial charge in [0.05, 0.1) is 6.61 Å². The fourth-order valence-corrected chi connectivity index (χ4v) is 1.65. The molecule has 0 fully saturated rings. The van der Waals surface area contributed by atoms with E-state index in [-0.39, 0.29) is 11.4 Å². The molecule has 0 amide bonds. The van der Waals surface area contributed by atoms with Gasteiger partial charge in [0.2, 0.25) is 0 Å². The average molecular weight is 253 g/mol. The summed E-state index contributed by atoms with van der Waals surface area (Å²) in [6.07, 6.45) is 0. The lowest BCUT2D eigenvalue weighted by Gasteiger charge is -2.20. The highest BCUT2D eigenvalue weighted by Crippen LogP contribution is 2.26. The first-order valence-corrected chi connectivity index (χ1v) is 6.20. The Bertz CT molecular complexity index is 442. The quantitative estimate of drug-likeness (QED) is 0.773. The highest BCUT2D eigenvalue weighted by molar-refractivity contribution is 5.81. The summed E-state index contributed by atoms with van der Waals surface area (Å²) in [4.78, 5) is 16.5. The Morgan fingerprint density at radius 2 is 1.83 bits per heavy atom. The van der Waals surface area contributed by atoms with Crippen LogP contribution in [0.25, 0.3) is 0 Å². The molecule has 5 heteroatoms.